The van der Waals surface area contributed by atoms with E-state index in [1.165, 1.54) is 0 Å². The third-order valence-electron chi connectivity index (χ3n) is 5.53. The Morgan fingerprint density at radius 3 is 2.43 bits per heavy atom. The summed E-state index contributed by atoms with van der Waals surface area (Å²) in [7, 11) is 1.61. The van der Waals surface area contributed by atoms with E-state index in [4.69, 9.17) is 18.9 Å². The molecule has 0 radical (unpaired) electrons. The zero-order valence-corrected chi connectivity index (χ0v) is 17.0. The number of hydrogen-bond donors (Lipinski definition) is 0. The molecular formula is C23H23N3O4. The molecule has 2 heterocycles. The third kappa shape index (κ3) is 3.33. The molecule has 2 unspecified atom stereocenters. The predicted molar refractivity (Wildman–Crippen MR) is 108 cm³/mol. The van der Waals surface area contributed by atoms with Gasteiger partial charge in [-0.3, -0.25) is 4.90 Å². The molecule has 1 saturated heterocycles. The molecule has 2 aliphatic rings. The molecule has 0 saturated carbocycles. The summed E-state index contributed by atoms with van der Waals surface area (Å²) in [6, 6.07) is 16.8. The largest absolute Gasteiger partial charge is 0.497 e. The minimum atomic E-state index is -1.65. The first-order chi connectivity index (χ1) is 14.7. The van der Waals surface area contributed by atoms with Gasteiger partial charge in [-0.05, 0) is 41.8 Å². The summed E-state index contributed by atoms with van der Waals surface area (Å²) in [6.45, 7) is 2.95. The van der Waals surface area contributed by atoms with Gasteiger partial charge in [0.25, 0.3) is 5.60 Å². The van der Waals surface area contributed by atoms with Crippen LogP contribution in [0.15, 0.2) is 42.5 Å². The third-order valence-corrected chi connectivity index (χ3v) is 5.53. The van der Waals surface area contributed by atoms with E-state index in [9.17, 15) is 10.5 Å². The summed E-state index contributed by atoms with van der Waals surface area (Å²) < 4.78 is 22.4. The maximum absolute atomic E-state index is 10.0. The van der Waals surface area contributed by atoms with Gasteiger partial charge in [0.05, 0.1) is 13.2 Å². The summed E-state index contributed by atoms with van der Waals surface area (Å²) in [5.74, 6) is 2.00. The van der Waals surface area contributed by atoms with Crippen molar-refractivity contribution in [3.63, 3.8) is 0 Å². The molecule has 1 fully saturated rings. The van der Waals surface area contributed by atoms with Gasteiger partial charge in [0.1, 0.15) is 24.1 Å². The van der Waals surface area contributed by atoms with Crippen molar-refractivity contribution in [2.45, 2.75) is 37.6 Å². The molecule has 2 aromatic rings. The fraction of sp³-hybridized carbons (Fsp3) is 0.391. The molecule has 0 aromatic heterocycles. The molecular weight excluding hydrogens is 382 g/mol. The van der Waals surface area contributed by atoms with Gasteiger partial charge in [0.15, 0.2) is 11.5 Å². The van der Waals surface area contributed by atoms with Gasteiger partial charge >= 0.3 is 0 Å². The molecule has 0 spiro atoms. The van der Waals surface area contributed by atoms with Crippen molar-refractivity contribution in [2.24, 2.45) is 0 Å². The average Bonchev–Trinajstić information content (AvgIpc) is 3.39. The van der Waals surface area contributed by atoms with Crippen LogP contribution < -0.4 is 14.2 Å². The van der Waals surface area contributed by atoms with Gasteiger partial charge in [-0.1, -0.05) is 31.5 Å². The minimum absolute atomic E-state index is 0.162. The van der Waals surface area contributed by atoms with E-state index in [2.05, 4.69) is 24.0 Å². The van der Waals surface area contributed by atoms with Gasteiger partial charge in [-0.25, -0.2) is 0 Å². The van der Waals surface area contributed by atoms with Gasteiger partial charge in [0.2, 0.25) is 6.79 Å². The Kier molecular flexibility index (Phi) is 5.50. The quantitative estimate of drug-likeness (QED) is 0.715. The van der Waals surface area contributed by atoms with Crippen molar-refractivity contribution in [3.05, 3.63) is 53.6 Å². The Morgan fingerprint density at radius 2 is 1.77 bits per heavy atom. The molecule has 0 amide bonds. The molecule has 0 bridgehead atoms. The Balaban J connectivity index is 1.79. The number of ether oxygens (including phenoxy) is 4. The molecule has 0 aliphatic carbocycles. The first-order valence-electron chi connectivity index (χ1n) is 9.95. The number of unbranched alkanes of at least 4 members (excludes halogenated alkanes) is 1. The summed E-state index contributed by atoms with van der Waals surface area (Å²) in [4.78, 5) is 2.09. The van der Waals surface area contributed by atoms with E-state index in [-0.39, 0.29) is 6.79 Å². The van der Waals surface area contributed by atoms with Crippen LogP contribution in [0.4, 0.5) is 0 Å². The van der Waals surface area contributed by atoms with E-state index in [1.54, 1.807) is 7.11 Å². The minimum Gasteiger partial charge on any atom is -0.497 e. The zero-order valence-electron chi connectivity index (χ0n) is 17.0. The van der Waals surface area contributed by atoms with E-state index in [0.717, 1.165) is 29.7 Å². The first-order valence-corrected chi connectivity index (χ1v) is 9.95. The van der Waals surface area contributed by atoms with Crippen LogP contribution in [-0.2, 0) is 4.74 Å². The van der Waals surface area contributed by atoms with Gasteiger partial charge in [0, 0.05) is 6.54 Å². The maximum Gasteiger partial charge on any atom is 0.262 e. The van der Waals surface area contributed by atoms with Crippen molar-refractivity contribution in [2.75, 3.05) is 20.4 Å². The van der Waals surface area contributed by atoms with Crippen molar-refractivity contribution in [3.8, 4) is 29.4 Å². The molecule has 7 nitrogen and oxygen atoms in total. The number of benzene rings is 2. The second-order valence-electron chi connectivity index (χ2n) is 7.31. The lowest BCUT2D eigenvalue weighted by Gasteiger charge is -2.29. The number of fused-ring (bicyclic) bond motifs is 1. The van der Waals surface area contributed by atoms with Crippen LogP contribution in [0, 0.1) is 22.7 Å². The predicted octanol–water partition coefficient (Wildman–Crippen LogP) is 4.08. The van der Waals surface area contributed by atoms with Crippen molar-refractivity contribution in [1.29, 1.82) is 10.5 Å². The summed E-state index contributed by atoms with van der Waals surface area (Å²) >= 11 is 0. The highest BCUT2D eigenvalue weighted by Gasteiger charge is 2.56. The van der Waals surface area contributed by atoms with Crippen LogP contribution in [0.2, 0.25) is 0 Å². The molecule has 30 heavy (non-hydrogen) atoms. The van der Waals surface area contributed by atoms with Gasteiger partial charge in [-0.15, -0.1) is 0 Å². The topological polar surface area (TPSA) is 87.7 Å². The van der Waals surface area contributed by atoms with E-state index in [0.29, 0.717) is 18.0 Å². The molecule has 7 heteroatoms. The second-order valence-corrected chi connectivity index (χ2v) is 7.31. The molecule has 2 aromatic carbocycles. The van der Waals surface area contributed by atoms with Crippen LogP contribution in [0.3, 0.4) is 0 Å². The highest BCUT2D eigenvalue weighted by Crippen LogP contribution is 2.50. The highest BCUT2D eigenvalue weighted by molar-refractivity contribution is 5.48. The SMILES string of the molecule is CCCCN1C(c2ccc(OC)cc2)OC(C#N)(C#N)C1c1ccc2c(c1)OCO2. The Bertz CT molecular complexity index is 979. The first kappa shape index (κ1) is 20.0. The maximum atomic E-state index is 10.0. The normalized spacial score (nSPS) is 21.7. The molecule has 4 rings (SSSR count). The van der Waals surface area contributed by atoms with Gasteiger partial charge in [-0.2, -0.15) is 10.5 Å². The van der Waals surface area contributed by atoms with E-state index < -0.39 is 17.9 Å². The number of methoxy groups -OCH3 is 1. The lowest BCUT2D eigenvalue weighted by molar-refractivity contribution is -0.00942. The Morgan fingerprint density at radius 1 is 1.07 bits per heavy atom. The van der Waals surface area contributed by atoms with Crippen molar-refractivity contribution in [1.82, 2.24) is 4.90 Å². The van der Waals surface area contributed by atoms with Gasteiger partial charge < -0.3 is 18.9 Å². The van der Waals surface area contributed by atoms with Crippen LogP contribution in [-0.4, -0.2) is 30.9 Å². The molecule has 0 N–H and O–H groups in total. The van der Waals surface area contributed by atoms with Crippen LogP contribution in [0.1, 0.15) is 43.2 Å². The van der Waals surface area contributed by atoms with Crippen molar-refractivity contribution < 1.29 is 18.9 Å². The summed E-state index contributed by atoms with van der Waals surface area (Å²) in [6.07, 6.45) is 1.35. The highest BCUT2D eigenvalue weighted by atomic mass is 16.7. The lowest BCUT2D eigenvalue weighted by Crippen LogP contribution is -2.36. The Labute approximate surface area is 175 Å². The van der Waals surface area contributed by atoms with E-state index in [1.807, 2.05) is 42.5 Å². The molecule has 2 atom stereocenters. The monoisotopic (exact) mass is 405 g/mol. The Hall–Kier alpha value is -3.26. The van der Waals surface area contributed by atoms with Crippen LogP contribution in [0.5, 0.6) is 17.2 Å². The zero-order chi connectivity index (χ0) is 21.1. The number of hydrogen-bond acceptors (Lipinski definition) is 7. The van der Waals surface area contributed by atoms with Crippen molar-refractivity contribution >= 4 is 0 Å². The number of nitriles is 2. The molecule has 2 aliphatic heterocycles. The fourth-order valence-electron chi connectivity index (χ4n) is 4.00. The van der Waals surface area contributed by atoms with Crippen LogP contribution in [0.25, 0.3) is 0 Å². The standard InChI is InChI=1S/C23H23N3O4/c1-3-4-11-26-21(17-7-10-19-20(12-17)29-15-28-19)23(13-24,14-25)30-22(26)16-5-8-18(27-2)9-6-16/h5-10,12,21-22H,3-4,11,15H2,1-2H3. The fourth-order valence-corrected chi connectivity index (χ4v) is 4.00. The average molecular weight is 405 g/mol. The second kappa shape index (κ2) is 8.23. The number of rotatable bonds is 6. The lowest BCUT2D eigenvalue weighted by atomic mass is 9.90. The van der Waals surface area contributed by atoms with Crippen LogP contribution >= 0.6 is 0 Å². The summed E-state index contributed by atoms with van der Waals surface area (Å²) in [5, 5.41) is 20.1. The smallest absolute Gasteiger partial charge is 0.262 e. The van der Waals surface area contributed by atoms with E-state index >= 15 is 0 Å². The summed E-state index contributed by atoms with van der Waals surface area (Å²) in [5.41, 5.74) is 0.00551. The number of nitrogens with zero attached hydrogens (tertiary/aromatic N) is 3. The molecule has 154 valence electrons.